The molecule has 2 amide bonds. The van der Waals surface area contributed by atoms with Gasteiger partial charge in [-0.25, -0.2) is 4.79 Å². The fraction of sp³-hybridized carbons (Fsp3) is 0.333. The molecular weight excluding hydrogens is 428 g/mol. The van der Waals surface area contributed by atoms with Gasteiger partial charge in [0.05, 0.1) is 13.7 Å². The third-order valence-corrected chi connectivity index (χ3v) is 5.97. The smallest absolute Gasteiger partial charge is 0.322 e. The third-order valence-electron chi connectivity index (χ3n) is 5.74. The van der Waals surface area contributed by atoms with E-state index in [1.54, 1.807) is 42.3 Å². The van der Waals surface area contributed by atoms with Crippen molar-refractivity contribution in [2.45, 2.75) is 19.4 Å². The summed E-state index contributed by atoms with van der Waals surface area (Å²) in [6.07, 6.45) is 2.36. The first kappa shape index (κ1) is 22.2. The molecule has 3 aromatic rings. The maximum absolute atomic E-state index is 13.1. The minimum atomic E-state index is -0.267. The van der Waals surface area contributed by atoms with Crippen LogP contribution in [0.25, 0.3) is 10.9 Å². The van der Waals surface area contributed by atoms with Gasteiger partial charge in [-0.05, 0) is 68.4 Å². The number of carbonyl (C=O) groups is 1. The fourth-order valence-electron chi connectivity index (χ4n) is 3.97. The minimum Gasteiger partial charge on any atom is -0.497 e. The van der Waals surface area contributed by atoms with E-state index in [-0.39, 0.29) is 18.1 Å². The highest BCUT2D eigenvalue weighted by Crippen LogP contribution is 2.20. The van der Waals surface area contributed by atoms with Crippen molar-refractivity contribution in [3.63, 3.8) is 0 Å². The standard InChI is InChI=1S/C24H27ClN4O3/c1-32-21-7-8-22-17(14-21)13-18(23(30)27-22)16-29(12-11-28-9-2-3-10-28)24(31)26-20-6-4-5-19(25)15-20/h4-8,13-15H,2-3,9-12,16H2,1H3,(H,26,31)(H,27,30). The first-order valence-corrected chi connectivity index (χ1v) is 11.1. The SMILES string of the molecule is COc1ccc2[nH]c(=O)c(CN(CCN3CCCC3)C(=O)Nc3cccc(Cl)c3)cc2c1. The van der Waals surface area contributed by atoms with Crippen molar-refractivity contribution in [3.05, 3.63) is 69.5 Å². The fourth-order valence-corrected chi connectivity index (χ4v) is 4.16. The van der Waals surface area contributed by atoms with Gasteiger partial charge in [-0.3, -0.25) is 4.79 Å². The molecule has 1 aliphatic heterocycles. The zero-order valence-corrected chi connectivity index (χ0v) is 18.8. The number of methoxy groups -OCH3 is 1. The zero-order valence-electron chi connectivity index (χ0n) is 18.1. The van der Waals surface area contributed by atoms with E-state index in [1.165, 1.54) is 12.8 Å². The highest BCUT2D eigenvalue weighted by molar-refractivity contribution is 6.30. The molecule has 8 heteroatoms. The number of halogens is 1. The number of urea groups is 1. The molecule has 0 bridgehead atoms. The van der Waals surface area contributed by atoms with Crippen LogP contribution in [0.4, 0.5) is 10.5 Å². The Balaban J connectivity index is 1.57. The van der Waals surface area contributed by atoms with Gasteiger partial charge in [0.15, 0.2) is 0 Å². The molecule has 0 saturated carbocycles. The van der Waals surface area contributed by atoms with E-state index >= 15 is 0 Å². The van der Waals surface area contributed by atoms with Gasteiger partial charge in [0.2, 0.25) is 0 Å². The van der Waals surface area contributed by atoms with Crippen LogP contribution in [0.1, 0.15) is 18.4 Å². The number of benzene rings is 2. The predicted molar refractivity (Wildman–Crippen MR) is 128 cm³/mol. The Labute approximate surface area is 191 Å². The van der Waals surface area contributed by atoms with Crippen LogP contribution in [-0.4, -0.2) is 54.1 Å². The van der Waals surface area contributed by atoms with E-state index in [0.717, 1.165) is 30.5 Å². The number of aromatic nitrogens is 1. The van der Waals surface area contributed by atoms with Gasteiger partial charge in [-0.1, -0.05) is 17.7 Å². The lowest BCUT2D eigenvalue weighted by atomic mass is 10.1. The Morgan fingerprint density at radius 3 is 2.75 bits per heavy atom. The van der Waals surface area contributed by atoms with Crippen LogP contribution in [0.3, 0.4) is 0 Å². The topological polar surface area (TPSA) is 77.7 Å². The van der Waals surface area contributed by atoms with Crippen LogP contribution < -0.4 is 15.6 Å². The van der Waals surface area contributed by atoms with Crippen molar-refractivity contribution in [2.24, 2.45) is 0 Å². The van der Waals surface area contributed by atoms with Gasteiger partial charge < -0.3 is 24.8 Å². The summed E-state index contributed by atoms with van der Waals surface area (Å²) in [5, 5.41) is 4.31. The number of aromatic amines is 1. The largest absolute Gasteiger partial charge is 0.497 e. The van der Waals surface area contributed by atoms with Gasteiger partial charge in [0.25, 0.3) is 5.56 Å². The number of anilines is 1. The van der Waals surface area contributed by atoms with Gasteiger partial charge in [-0.2, -0.15) is 0 Å². The summed E-state index contributed by atoms with van der Waals surface area (Å²) in [5.74, 6) is 0.708. The summed E-state index contributed by atoms with van der Waals surface area (Å²) >= 11 is 6.06. The molecule has 32 heavy (non-hydrogen) atoms. The molecule has 0 unspecified atom stereocenters. The lowest BCUT2D eigenvalue weighted by molar-refractivity contribution is 0.197. The number of carbonyl (C=O) groups excluding carboxylic acids is 1. The Hall–Kier alpha value is -3.03. The van der Waals surface area contributed by atoms with E-state index in [0.29, 0.717) is 28.6 Å². The monoisotopic (exact) mass is 454 g/mol. The number of hydrogen-bond acceptors (Lipinski definition) is 4. The normalized spacial score (nSPS) is 13.9. The Kier molecular flexibility index (Phi) is 6.97. The van der Waals surface area contributed by atoms with Gasteiger partial charge >= 0.3 is 6.03 Å². The first-order valence-electron chi connectivity index (χ1n) is 10.8. The number of nitrogens with zero attached hydrogens (tertiary/aromatic N) is 2. The number of H-pyrrole nitrogens is 1. The molecule has 0 atom stereocenters. The van der Waals surface area contributed by atoms with Crippen LogP contribution in [-0.2, 0) is 6.54 Å². The summed E-state index contributed by atoms with van der Waals surface area (Å²) in [4.78, 5) is 32.8. The van der Waals surface area contributed by atoms with Crippen molar-refractivity contribution in [2.75, 3.05) is 38.6 Å². The molecule has 168 valence electrons. The average Bonchev–Trinajstić information content (AvgIpc) is 3.30. The van der Waals surface area contributed by atoms with E-state index in [9.17, 15) is 9.59 Å². The van der Waals surface area contributed by atoms with Crippen molar-refractivity contribution < 1.29 is 9.53 Å². The number of rotatable bonds is 7. The van der Waals surface area contributed by atoms with E-state index in [4.69, 9.17) is 16.3 Å². The van der Waals surface area contributed by atoms with Gasteiger partial charge in [0, 0.05) is 40.3 Å². The van der Waals surface area contributed by atoms with Crippen LogP contribution in [0.5, 0.6) is 5.75 Å². The lowest BCUT2D eigenvalue weighted by Crippen LogP contribution is -2.41. The van der Waals surface area contributed by atoms with Crippen LogP contribution >= 0.6 is 11.6 Å². The zero-order chi connectivity index (χ0) is 22.5. The summed E-state index contributed by atoms with van der Waals surface area (Å²) in [5.41, 5.74) is 1.66. The number of ether oxygens (including phenoxy) is 1. The van der Waals surface area contributed by atoms with Crippen LogP contribution in [0, 0.1) is 0 Å². The highest BCUT2D eigenvalue weighted by Gasteiger charge is 2.19. The molecular formula is C24H27ClN4O3. The molecule has 2 N–H and O–H groups in total. The van der Waals surface area contributed by atoms with Crippen molar-refractivity contribution in [1.82, 2.24) is 14.8 Å². The second-order valence-electron chi connectivity index (χ2n) is 7.99. The molecule has 2 heterocycles. The number of fused-ring (bicyclic) bond motifs is 1. The van der Waals surface area contributed by atoms with Crippen molar-refractivity contribution >= 4 is 34.2 Å². The Bertz CT molecular complexity index is 1160. The number of hydrogen-bond donors (Lipinski definition) is 2. The number of likely N-dealkylation sites (tertiary alicyclic amines) is 1. The second kappa shape index (κ2) is 10.1. The van der Waals surface area contributed by atoms with Crippen LogP contribution in [0.2, 0.25) is 5.02 Å². The lowest BCUT2D eigenvalue weighted by Gasteiger charge is -2.26. The molecule has 0 radical (unpaired) electrons. The molecule has 1 saturated heterocycles. The third kappa shape index (κ3) is 5.41. The number of nitrogens with one attached hydrogen (secondary N) is 2. The molecule has 1 fully saturated rings. The maximum atomic E-state index is 13.1. The minimum absolute atomic E-state index is 0.197. The highest BCUT2D eigenvalue weighted by atomic mass is 35.5. The average molecular weight is 455 g/mol. The van der Waals surface area contributed by atoms with E-state index in [2.05, 4.69) is 15.2 Å². The van der Waals surface area contributed by atoms with Crippen molar-refractivity contribution in [1.29, 1.82) is 0 Å². The molecule has 0 spiro atoms. The molecule has 2 aromatic carbocycles. The summed E-state index contributed by atoms with van der Waals surface area (Å²) in [7, 11) is 1.61. The van der Waals surface area contributed by atoms with Gasteiger partial charge in [-0.15, -0.1) is 0 Å². The molecule has 7 nitrogen and oxygen atoms in total. The molecule has 1 aromatic heterocycles. The summed E-state index contributed by atoms with van der Waals surface area (Å²) in [6.45, 7) is 3.56. The number of amides is 2. The molecule has 0 aliphatic carbocycles. The quantitative estimate of drug-likeness (QED) is 0.557. The second-order valence-corrected chi connectivity index (χ2v) is 8.42. The Morgan fingerprint density at radius 2 is 2.00 bits per heavy atom. The molecule has 4 rings (SSSR count). The number of pyridine rings is 1. The van der Waals surface area contributed by atoms with Gasteiger partial charge in [0.1, 0.15) is 5.75 Å². The van der Waals surface area contributed by atoms with E-state index in [1.807, 2.05) is 18.2 Å². The van der Waals surface area contributed by atoms with E-state index < -0.39 is 0 Å². The summed E-state index contributed by atoms with van der Waals surface area (Å²) < 4.78 is 5.30. The maximum Gasteiger partial charge on any atom is 0.322 e. The summed E-state index contributed by atoms with van der Waals surface area (Å²) in [6, 6.07) is 14.1. The van der Waals surface area contributed by atoms with Crippen molar-refractivity contribution in [3.8, 4) is 5.75 Å². The Morgan fingerprint density at radius 1 is 1.19 bits per heavy atom. The molecule has 1 aliphatic rings. The first-order chi connectivity index (χ1) is 15.5. The predicted octanol–water partition coefficient (Wildman–Crippen LogP) is 4.32. The van der Waals surface area contributed by atoms with Crippen LogP contribution in [0.15, 0.2) is 53.3 Å².